The van der Waals surface area contributed by atoms with Crippen molar-refractivity contribution >= 4 is 41.0 Å². The molecule has 0 unspecified atom stereocenters. The van der Waals surface area contributed by atoms with E-state index in [2.05, 4.69) is 10.6 Å². The lowest BCUT2D eigenvalue weighted by Crippen LogP contribution is -2.13. The molecule has 2 amide bonds. The SMILES string of the molecule is O=C(/C=C/c1ccc(SC(F)(F)F)cc1)Nc1ccc(NC(=O)C2CC2)cc1. The van der Waals surface area contributed by atoms with Gasteiger partial charge < -0.3 is 10.6 Å². The van der Waals surface area contributed by atoms with Gasteiger partial charge in [-0.1, -0.05) is 12.1 Å². The molecule has 4 nitrogen and oxygen atoms in total. The highest BCUT2D eigenvalue weighted by atomic mass is 32.2. The van der Waals surface area contributed by atoms with Gasteiger partial charge in [-0.25, -0.2) is 0 Å². The lowest BCUT2D eigenvalue weighted by Gasteiger charge is -2.06. The highest BCUT2D eigenvalue weighted by Crippen LogP contribution is 2.36. The summed E-state index contributed by atoms with van der Waals surface area (Å²) in [6.45, 7) is 0. The standard InChI is InChI=1S/C20H17F3N2O2S/c21-20(22,23)28-17-10-1-13(2-11-17)3-12-18(26)24-15-6-8-16(9-7-15)25-19(27)14-4-5-14/h1-3,6-12,14H,4-5H2,(H,24,26)(H,25,27)/b12-3+. The number of nitrogens with one attached hydrogen (secondary N) is 2. The summed E-state index contributed by atoms with van der Waals surface area (Å²) in [7, 11) is 0. The molecule has 8 heteroatoms. The monoisotopic (exact) mass is 406 g/mol. The minimum atomic E-state index is -4.33. The number of thioether (sulfide) groups is 1. The molecule has 0 spiro atoms. The Balaban J connectivity index is 1.51. The fourth-order valence-electron chi connectivity index (χ4n) is 2.36. The van der Waals surface area contributed by atoms with E-state index in [9.17, 15) is 22.8 Å². The van der Waals surface area contributed by atoms with Gasteiger partial charge in [0, 0.05) is 28.3 Å². The molecule has 1 fully saturated rings. The first-order valence-electron chi connectivity index (χ1n) is 8.54. The zero-order valence-corrected chi connectivity index (χ0v) is 15.4. The van der Waals surface area contributed by atoms with Crippen molar-refractivity contribution in [1.82, 2.24) is 0 Å². The second-order valence-electron chi connectivity index (χ2n) is 6.28. The molecule has 0 bridgehead atoms. The van der Waals surface area contributed by atoms with Crippen molar-refractivity contribution in [2.24, 2.45) is 5.92 Å². The molecule has 28 heavy (non-hydrogen) atoms. The Labute approximate surface area is 164 Å². The molecule has 0 atom stereocenters. The van der Waals surface area contributed by atoms with E-state index in [1.165, 1.54) is 36.4 Å². The maximum absolute atomic E-state index is 12.3. The molecule has 1 aliphatic carbocycles. The predicted molar refractivity (Wildman–Crippen MR) is 104 cm³/mol. The second-order valence-corrected chi connectivity index (χ2v) is 7.42. The lowest BCUT2D eigenvalue weighted by atomic mass is 10.2. The maximum Gasteiger partial charge on any atom is 0.446 e. The van der Waals surface area contributed by atoms with Crippen LogP contribution in [0.2, 0.25) is 0 Å². The summed E-state index contributed by atoms with van der Waals surface area (Å²) in [5.74, 6) is -0.242. The van der Waals surface area contributed by atoms with Crippen molar-refractivity contribution in [3.8, 4) is 0 Å². The van der Waals surface area contributed by atoms with Crippen molar-refractivity contribution in [3.05, 3.63) is 60.2 Å². The number of carbonyl (C=O) groups excluding carboxylic acids is 2. The van der Waals surface area contributed by atoms with Crippen LogP contribution in [0.1, 0.15) is 18.4 Å². The fourth-order valence-corrected chi connectivity index (χ4v) is 2.90. The van der Waals surface area contributed by atoms with Crippen LogP contribution < -0.4 is 10.6 Å². The number of anilines is 2. The van der Waals surface area contributed by atoms with Gasteiger partial charge in [0.25, 0.3) is 0 Å². The molecule has 2 aromatic rings. The third kappa shape index (κ3) is 6.45. The molecule has 146 valence electrons. The average Bonchev–Trinajstić information content (AvgIpc) is 3.47. The van der Waals surface area contributed by atoms with Crippen LogP contribution in [0.25, 0.3) is 6.08 Å². The Morgan fingerprint density at radius 1 is 0.929 bits per heavy atom. The molecule has 0 aromatic heterocycles. The van der Waals surface area contributed by atoms with Crippen LogP contribution in [0.4, 0.5) is 24.5 Å². The number of amides is 2. The molecular formula is C20H17F3N2O2S. The van der Waals surface area contributed by atoms with E-state index in [-0.39, 0.29) is 34.4 Å². The molecule has 1 aliphatic rings. The van der Waals surface area contributed by atoms with Crippen molar-refractivity contribution in [2.75, 3.05) is 10.6 Å². The van der Waals surface area contributed by atoms with E-state index in [1.54, 1.807) is 24.3 Å². The van der Waals surface area contributed by atoms with E-state index >= 15 is 0 Å². The topological polar surface area (TPSA) is 58.2 Å². The van der Waals surface area contributed by atoms with Crippen LogP contribution in [0.5, 0.6) is 0 Å². The highest BCUT2D eigenvalue weighted by Gasteiger charge is 2.29. The summed E-state index contributed by atoms with van der Waals surface area (Å²) in [6.07, 6.45) is 4.67. The van der Waals surface area contributed by atoms with E-state index < -0.39 is 5.51 Å². The first-order chi connectivity index (χ1) is 13.3. The van der Waals surface area contributed by atoms with Crippen LogP contribution >= 0.6 is 11.8 Å². The van der Waals surface area contributed by atoms with Gasteiger partial charge in [0.05, 0.1) is 0 Å². The van der Waals surface area contributed by atoms with Crippen molar-refractivity contribution in [1.29, 1.82) is 0 Å². The van der Waals surface area contributed by atoms with E-state index in [1.807, 2.05) is 0 Å². The van der Waals surface area contributed by atoms with E-state index in [0.29, 0.717) is 16.9 Å². The van der Waals surface area contributed by atoms with Crippen molar-refractivity contribution in [2.45, 2.75) is 23.2 Å². The predicted octanol–water partition coefficient (Wildman–Crippen LogP) is 5.30. The molecule has 2 aromatic carbocycles. The van der Waals surface area contributed by atoms with Crippen LogP contribution in [0.15, 0.2) is 59.5 Å². The molecule has 0 aliphatic heterocycles. The Bertz CT molecular complexity index is 874. The van der Waals surface area contributed by atoms with Gasteiger partial charge in [-0.05, 0) is 72.6 Å². The minimum absolute atomic E-state index is 0.0133. The van der Waals surface area contributed by atoms with Gasteiger partial charge in [-0.2, -0.15) is 13.2 Å². The molecular weight excluding hydrogens is 389 g/mol. The van der Waals surface area contributed by atoms with Gasteiger partial charge in [-0.15, -0.1) is 0 Å². The first kappa shape index (κ1) is 20.0. The Hall–Kier alpha value is -2.74. The van der Waals surface area contributed by atoms with Gasteiger partial charge >= 0.3 is 5.51 Å². The number of benzene rings is 2. The number of alkyl halides is 3. The summed E-state index contributed by atoms with van der Waals surface area (Å²) in [6, 6.07) is 12.5. The van der Waals surface area contributed by atoms with Gasteiger partial charge in [0.15, 0.2) is 0 Å². The largest absolute Gasteiger partial charge is 0.446 e. The minimum Gasteiger partial charge on any atom is -0.326 e. The fraction of sp³-hybridized carbons (Fsp3) is 0.200. The highest BCUT2D eigenvalue weighted by molar-refractivity contribution is 8.00. The molecule has 3 rings (SSSR count). The molecule has 1 saturated carbocycles. The Morgan fingerprint density at radius 3 is 2.04 bits per heavy atom. The van der Waals surface area contributed by atoms with Gasteiger partial charge in [-0.3, -0.25) is 9.59 Å². The van der Waals surface area contributed by atoms with E-state index in [0.717, 1.165) is 12.8 Å². The second kappa shape index (κ2) is 8.52. The number of carbonyl (C=O) groups is 2. The lowest BCUT2D eigenvalue weighted by molar-refractivity contribution is -0.117. The smallest absolute Gasteiger partial charge is 0.326 e. The Kier molecular flexibility index (Phi) is 6.08. The first-order valence-corrected chi connectivity index (χ1v) is 9.36. The van der Waals surface area contributed by atoms with Crippen molar-refractivity contribution < 1.29 is 22.8 Å². The number of halogens is 3. The number of hydrogen-bond donors (Lipinski definition) is 2. The van der Waals surface area contributed by atoms with Crippen LogP contribution in [-0.4, -0.2) is 17.3 Å². The summed E-state index contributed by atoms with van der Waals surface area (Å²) in [5, 5.41) is 5.49. The molecule has 2 N–H and O–H groups in total. The zero-order valence-electron chi connectivity index (χ0n) is 14.6. The quantitative estimate of drug-likeness (QED) is 0.506. The third-order valence-electron chi connectivity index (χ3n) is 3.91. The van der Waals surface area contributed by atoms with Crippen molar-refractivity contribution in [3.63, 3.8) is 0 Å². The molecule has 0 radical (unpaired) electrons. The maximum atomic E-state index is 12.3. The normalized spacial score (nSPS) is 14.1. The summed E-state index contributed by atoms with van der Waals surface area (Å²) < 4.78 is 36.9. The molecule has 0 heterocycles. The third-order valence-corrected chi connectivity index (χ3v) is 4.65. The number of hydrogen-bond acceptors (Lipinski definition) is 3. The summed E-state index contributed by atoms with van der Waals surface area (Å²) in [4.78, 5) is 23.8. The van der Waals surface area contributed by atoms with Gasteiger partial charge in [0.1, 0.15) is 0 Å². The van der Waals surface area contributed by atoms with Gasteiger partial charge in [0.2, 0.25) is 11.8 Å². The zero-order chi connectivity index (χ0) is 20.1. The number of rotatable bonds is 6. The summed E-state index contributed by atoms with van der Waals surface area (Å²) >= 11 is -0.184. The average molecular weight is 406 g/mol. The molecule has 0 saturated heterocycles. The summed E-state index contributed by atoms with van der Waals surface area (Å²) in [5.41, 5.74) is -2.48. The van der Waals surface area contributed by atoms with Crippen LogP contribution in [0, 0.1) is 5.92 Å². The van der Waals surface area contributed by atoms with E-state index in [4.69, 9.17) is 0 Å². The van der Waals surface area contributed by atoms with Crippen LogP contribution in [0.3, 0.4) is 0 Å². The Morgan fingerprint density at radius 2 is 1.50 bits per heavy atom. The van der Waals surface area contributed by atoms with Crippen LogP contribution in [-0.2, 0) is 9.59 Å².